The predicted molar refractivity (Wildman–Crippen MR) is 36.1 cm³/mol. The van der Waals surface area contributed by atoms with Gasteiger partial charge in [-0.05, 0) is 0 Å². The van der Waals surface area contributed by atoms with E-state index < -0.39 is 11.3 Å². The molecule has 0 N–H and O–H groups in total. The molecule has 0 heterocycles. The second-order valence-electron chi connectivity index (χ2n) is 1.24. The van der Waals surface area contributed by atoms with Gasteiger partial charge in [-0.25, -0.2) is 4.79 Å². The first-order valence-electron chi connectivity index (χ1n) is 2.30. The second kappa shape index (κ2) is 4.15. The third kappa shape index (κ3) is 2.93. The summed E-state index contributed by atoms with van der Waals surface area (Å²) in [6, 6.07) is 0. The molecule has 0 fully saturated rings. The molecule has 0 aliphatic carbocycles. The van der Waals surface area contributed by atoms with Crippen LogP contribution in [0.15, 0.2) is 25.5 Å². The van der Waals surface area contributed by atoms with Gasteiger partial charge >= 0.3 is 5.97 Å². The molecule has 0 aromatic rings. The van der Waals surface area contributed by atoms with Crippen molar-refractivity contribution in [1.82, 2.24) is 0 Å². The molecule has 0 aliphatic rings. The van der Waals surface area contributed by atoms with Crippen LogP contribution in [-0.4, -0.2) is 11.3 Å². The Bertz CT molecular complexity index is 131. The number of carbonyl (C=O) groups is 1. The summed E-state index contributed by atoms with van der Waals surface area (Å²) in [5.74, 6) is -0.554. The zero-order valence-corrected chi connectivity index (χ0v) is 5.60. The molecule has 1 unspecified atom stereocenters. The van der Waals surface area contributed by atoms with Crippen molar-refractivity contribution < 1.29 is 9.53 Å². The van der Waals surface area contributed by atoms with E-state index in [0.717, 1.165) is 6.26 Å². The van der Waals surface area contributed by atoms with E-state index in [1.807, 2.05) is 0 Å². The number of carbonyl (C=O) groups excluding carboxylic acids is 1. The van der Waals surface area contributed by atoms with Gasteiger partial charge in [0.05, 0.1) is 6.26 Å². The van der Waals surface area contributed by atoms with Crippen LogP contribution in [0.1, 0.15) is 0 Å². The summed E-state index contributed by atoms with van der Waals surface area (Å²) < 4.78 is 4.32. The monoisotopic (exact) mass is 146 g/mol. The van der Waals surface area contributed by atoms with Crippen molar-refractivity contribution in [1.29, 1.82) is 0 Å². The van der Waals surface area contributed by atoms with Crippen LogP contribution < -0.4 is 0 Å². The number of hydrogen-bond acceptors (Lipinski definition) is 2. The number of esters is 1. The molecule has 0 rings (SSSR count). The van der Waals surface area contributed by atoms with Gasteiger partial charge in [-0.3, -0.25) is 0 Å². The predicted octanol–water partition coefficient (Wildman–Crippen LogP) is 1.47. The topological polar surface area (TPSA) is 26.3 Å². The van der Waals surface area contributed by atoms with Crippen LogP contribution in [0, 0.1) is 0 Å². The lowest BCUT2D eigenvalue weighted by atomic mass is 10.4. The van der Waals surface area contributed by atoms with Gasteiger partial charge in [0.15, 0.2) is 0 Å². The van der Waals surface area contributed by atoms with Gasteiger partial charge in [0, 0.05) is 0 Å². The molecule has 2 nitrogen and oxygen atoms in total. The van der Waals surface area contributed by atoms with Crippen molar-refractivity contribution in [3.63, 3.8) is 0 Å². The zero-order valence-electron chi connectivity index (χ0n) is 4.84. The van der Waals surface area contributed by atoms with E-state index >= 15 is 0 Å². The molecule has 0 aromatic heterocycles. The molecule has 3 heteroatoms. The highest BCUT2D eigenvalue weighted by atomic mass is 35.5. The van der Waals surface area contributed by atoms with Crippen molar-refractivity contribution in [3.8, 4) is 0 Å². The lowest BCUT2D eigenvalue weighted by molar-refractivity contribution is -0.136. The van der Waals surface area contributed by atoms with Crippen LogP contribution in [-0.2, 0) is 9.53 Å². The van der Waals surface area contributed by atoms with Gasteiger partial charge in [0.25, 0.3) is 0 Å². The minimum atomic E-state index is -0.775. The standard InChI is InChI=1S/C6H7ClO2/c1-3-5(7)6(8)9-4-2/h3-5H,1-2H2. The molecule has 0 saturated carbocycles. The highest BCUT2D eigenvalue weighted by Gasteiger charge is 2.09. The summed E-state index contributed by atoms with van der Waals surface area (Å²) in [4.78, 5) is 10.5. The number of rotatable bonds is 3. The number of ether oxygens (including phenoxy) is 1. The van der Waals surface area contributed by atoms with Crippen LogP contribution in [0.4, 0.5) is 0 Å². The van der Waals surface area contributed by atoms with Crippen molar-refractivity contribution in [2.75, 3.05) is 0 Å². The minimum absolute atomic E-state index is 0.554. The van der Waals surface area contributed by atoms with Gasteiger partial charge in [0.1, 0.15) is 5.38 Å². The fourth-order valence-corrected chi connectivity index (χ4v) is 0.295. The van der Waals surface area contributed by atoms with Crippen LogP contribution in [0.2, 0.25) is 0 Å². The summed E-state index contributed by atoms with van der Waals surface area (Å²) in [6.45, 7) is 6.48. The highest BCUT2D eigenvalue weighted by Crippen LogP contribution is 1.98. The summed E-state index contributed by atoms with van der Waals surface area (Å²) in [5.41, 5.74) is 0. The lowest BCUT2D eigenvalue weighted by Gasteiger charge is -1.98. The molecule has 0 radical (unpaired) electrons. The van der Waals surface area contributed by atoms with Gasteiger partial charge in [0.2, 0.25) is 0 Å². The Labute approximate surface area is 58.8 Å². The lowest BCUT2D eigenvalue weighted by Crippen LogP contribution is -2.11. The maximum absolute atomic E-state index is 10.5. The Balaban J connectivity index is 3.71. The molecule has 0 saturated heterocycles. The Morgan fingerprint density at radius 2 is 2.22 bits per heavy atom. The Morgan fingerprint density at radius 1 is 1.67 bits per heavy atom. The van der Waals surface area contributed by atoms with Crippen molar-refractivity contribution in [3.05, 3.63) is 25.5 Å². The third-order valence-electron chi connectivity index (χ3n) is 0.632. The van der Waals surface area contributed by atoms with E-state index in [1.54, 1.807) is 0 Å². The summed E-state index contributed by atoms with van der Waals surface area (Å²) in [6.07, 6.45) is 2.31. The smallest absolute Gasteiger partial charge is 0.332 e. The first kappa shape index (κ1) is 8.24. The molecular weight excluding hydrogens is 140 g/mol. The van der Waals surface area contributed by atoms with Crippen LogP contribution in [0.25, 0.3) is 0 Å². The molecule has 1 atom stereocenters. The Hall–Kier alpha value is -0.760. The molecular formula is C6H7ClO2. The molecule has 0 spiro atoms. The van der Waals surface area contributed by atoms with Crippen LogP contribution in [0.3, 0.4) is 0 Å². The molecule has 9 heavy (non-hydrogen) atoms. The summed E-state index contributed by atoms with van der Waals surface area (Å²) in [7, 11) is 0. The van der Waals surface area contributed by atoms with Crippen molar-refractivity contribution in [2.45, 2.75) is 5.38 Å². The van der Waals surface area contributed by atoms with E-state index in [9.17, 15) is 4.79 Å². The fraction of sp³-hybridized carbons (Fsp3) is 0.167. The second-order valence-corrected chi connectivity index (χ2v) is 1.71. The normalized spacial score (nSPS) is 11.7. The van der Waals surface area contributed by atoms with E-state index in [1.165, 1.54) is 6.08 Å². The van der Waals surface area contributed by atoms with Gasteiger partial charge in [-0.1, -0.05) is 12.7 Å². The van der Waals surface area contributed by atoms with Gasteiger partial charge in [-0.15, -0.1) is 18.2 Å². The SMILES string of the molecule is C=COC(=O)C(Cl)C=C. The summed E-state index contributed by atoms with van der Waals surface area (Å²) in [5, 5.41) is -0.775. The molecule has 50 valence electrons. The highest BCUT2D eigenvalue weighted by molar-refractivity contribution is 6.31. The van der Waals surface area contributed by atoms with E-state index in [4.69, 9.17) is 11.6 Å². The molecule has 0 aromatic carbocycles. The van der Waals surface area contributed by atoms with Crippen LogP contribution >= 0.6 is 11.6 Å². The average molecular weight is 147 g/mol. The fourth-order valence-electron chi connectivity index (χ4n) is 0.243. The van der Waals surface area contributed by atoms with E-state index in [2.05, 4.69) is 17.9 Å². The Morgan fingerprint density at radius 3 is 2.56 bits per heavy atom. The van der Waals surface area contributed by atoms with Gasteiger partial charge < -0.3 is 4.74 Å². The van der Waals surface area contributed by atoms with E-state index in [0.29, 0.717) is 0 Å². The number of halogens is 1. The number of alkyl halides is 1. The third-order valence-corrected chi connectivity index (χ3v) is 0.988. The first-order valence-corrected chi connectivity index (χ1v) is 2.74. The molecule has 0 bridgehead atoms. The maximum Gasteiger partial charge on any atom is 0.332 e. The van der Waals surface area contributed by atoms with Crippen molar-refractivity contribution >= 4 is 17.6 Å². The minimum Gasteiger partial charge on any atom is -0.434 e. The van der Waals surface area contributed by atoms with E-state index in [-0.39, 0.29) is 0 Å². The van der Waals surface area contributed by atoms with Crippen molar-refractivity contribution in [2.24, 2.45) is 0 Å². The maximum atomic E-state index is 10.5. The first-order chi connectivity index (χ1) is 4.22. The Kier molecular flexibility index (Phi) is 3.80. The number of hydrogen-bond donors (Lipinski definition) is 0. The largest absolute Gasteiger partial charge is 0.434 e. The quantitative estimate of drug-likeness (QED) is 0.261. The van der Waals surface area contributed by atoms with Gasteiger partial charge in [-0.2, -0.15) is 0 Å². The zero-order chi connectivity index (χ0) is 7.28. The summed E-state index contributed by atoms with van der Waals surface area (Å²) >= 11 is 5.35. The average Bonchev–Trinajstić information content (AvgIpc) is 1.87. The van der Waals surface area contributed by atoms with Crippen LogP contribution in [0.5, 0.6) is 0 Å². The molecule has 0 aliphatic heterocycles. The molecule has 0 amide bonds.